The molecule has 0 amide bonds. The molecular weight excluding hydrogens is 112 g/mol. The van der Waals surface area contributed by atoms with Gasteiger partial charge in [-0.1, -0.05) is 0 Å². The first-order valence-corrected chi connectivity index (χ1v) is 3.41. The maximum Gasteiger partial charge on any atom is 0.0350 e. The minimum atomic E-state index is 0.992. The van der Waals surface area contributed by atoms with Gasteiger partial charge in [-0.15, -0.1) is 0 Å². The van der Waals surface area contributed by atoms with Crippen LogP contribution in [0.5, 0.6) is 0 Å². The molecule has 0 unspecified atom stereocenters. The van der Waals surface area contributed by atoms with E-state index in [2.05, 4.69) is 10.6 Å². The Morgan fingerprint density at radius 3 is 2.44 bits per heavy atom. The summed E-state index contributed by atoms with van der Waals surface area (Å²) < 4.78 is 0. The van der Waals surface area contributed by atoms with Crippen LogP contribution in [0.4, 0.5) is 0 Å². The third-order valence-electron chi connectivity index (χ3n) is 1.58. The molecule has 0 aromatic heterocycles. The number of nitrogens with one attached hydrogen (secondary N) is 2. The lowest BCUT2D eigenvalue weighted by molar-refractivity contribution is 0.806. The van der Waals surface area contributed by atoms with Gasteiger partial charge < -0.3 is 10.6 Å². The highest BCUT2D eigenvalue weighted by Gasteiger charge is 2.15. The van der Waals surface area contributed by atoms with E-state index in [1.807, 2.05) is 14.1 Å². The Morgan fingerprint density at radius 1 is 1.44 bits per heavy atom. The molecule has 1 aliphatic carbocycles. The maximum atomic E-state index is 3.18. The van der Waals surface area contributed by atoms with E-state index in [9.17, 15) is 0 Å². The van der Waals surface area contributed by atoms with Crippen molar-refractivity contribution in [3.63, 3.8) is 0 Å². The summed E-state index contributed by atoms with van der Waals surface area (Å²) in [6.07, 6.45) is 2.61. The van der Waals surface area contributed by atoms with Crippen LogP contribution in [0.25, 0.3) is 0 Å². The van der Waals surface area contributed by atoms with Gasteiger partial charge in [-0.3, -0.25) is 0 Å². The summed E-state index contributed by atoms with van der Waals surface area (Å²) in [5, 5.41) is 6.30. The van der Waals surface area contributed by atoms with Crippen LogP contribution in [-0.2, 0) is 0 Å². The molecule has 0 atom stereocenters. The van der Waals surface area contributed by atoms with Gasteiger partial charge in [-0.25, -0.2) is 0 Å². The molecule has 1 fully saturated rings. The molecule has 1 rings (SSSR count). The van der Waals surface area contributed by atoms with E-state index in [-0.39, 0.29) is 0 Å². The molecule has 1 aliphatic rings. The highest BCUT2D eigenvalue weighted by atomic mass is 14.9. The fraction of sp³-hybridized carbons (Fsp3) is 0.714. The Labute approximate surface area is 56.3 Å². The standard InChI is InChI=1S/C7H14N2/c1-8-5-7(9-2)6-3-4-6/h8-9H,3-5H2,1-2H3. The van der Waals surface area contributed by atoms with Crippen LogP contribution < -0.4 is 10.6 Å². The van der Waals surface area contributed by atoms with Gasteiger partial charge in [0, 0.05) is 19.3 Å². The van der Waals surface area contributed by atoms with Gasteiger partial charge in [-0.2, -0.15) is 0 Å². The van der Waals surface area contributed by atoms with E-state index >= 15 is 0 Å². The molecule has 0 spiro atoms. The Morgan fingerprint density at radius 2 is 2.11 bits per heavy atom. The second kappa shape index (κ2) is 2.87. The van der Waals surface area contributed by atoms with Crippen LogP contribution in [0, 0.1) is 0 Å². The molecule has 0 aromatic carbocycles. The number of allylic oxidation sites excluding steroid dienone is 1. The zero-order chi connectivity index (χ0) is 6.69. The van der Waals surface area contributed by atoms with Gasteiger partial charge in [0.05, 0.1) is 0 Å². The lowest BCUT2D eigenvalue weighted by Gasteiger charge is -2.03. The number of rotatable bonds is 3. The van der Waals surface area contributed by atoms with Gasteiger partial charge >= 0.3 is 0 Å². The highest BCUT2D eigenvalue weighted by Crippen LogP contribution is 2.29. The molecule has 2 heteroatoms. The highest BCUT2D eigenvalue weighted by molar-refractivity contribution is 5.24. The molecule has 0 aliphatic heterocycles. The average Bonchev–Trinajstić information content (AvgIpc) is 2.64. The van der Waals surface area contributed by atoms with Crippen molar-refractivity contribution in [3.05, 3.63) is 11.3 Å². The predicted octanol–water partition coefficient (Wildman–Crippen LogP) is 0.473. The lowest BCUT2D eigenvalue weighted by atomic mass is 10.4. The van der Waals surface area contributed by atoms with Crippen molar-refractivity contribution >= 4 is 0 Å². The van der Waals surface area contributed by atoms with Gasteiger partial charge in [0.1, 0.15) is 0 Å². The molecule has 52 valence electrons. The van der Waals surface area contributed by atoms with Gasteiger partial charge in [0.2, 0.25) is 0 Å². The molecule has 2 nitrogen and oxygen atoms in total. The van der Waals surface area contributed by atoms with Gasteiger partial charge in [0.25, 0.3) is 0 Å². The summed E-state index contributed by atoms with van der Waals surface area (Å²) >= 11 is 0. The largest absolute Gasteiger partial charge is 0.390 e. The van der Waals surface area contributed by atoms with E-state index in [0.29, 0.717) is 0 Å². The summed E-state index contributed by atoms with van der Waals surface area (Å²) in [5.41, 5.74) is 2.98. The molecular formula is C7H14N2. The molecule has 0 heterocycles. The lowest BCUT2D eigenvalue weighted by Crippen LogP contribution is -2.19. The topological polar surface area (TPSA) is 24.1 Å². The van der Waals surface area contributed by atoms with Crippen molar-refractivity contribution in [2.45, 2.75) is 12.8 Å². The second-order valence-electron chi connectivity index (χ2n) is 2.36. The minimum absolute atomic E-state index is 0.992. The average molecular weight is 126 g/mol. The molecule has 9 heavy (non-hydrogen) atoms. The van der Waals surface area contributed by atoms with E-state index in [0.717, 1.165) is 6.54 Å². The summed E-state index contributed by atoms with van der Waals surface area (Å²) in [7, 11) is 3.96. The fourth-order valence-corrected chi connectivity index (χ4v) is 0.931. The SMILES string of the molecule is CNCC(NC)=C1CC1. The van der Waals surface area contributed by atoms with Crippen molar-refractivity contribution in [2.24, 2.45) is 0 Å². The third kappa shape index (κ3) is 1.72. The summed E-state index contributed by atoms with van der Waals surface area (Å²) in [6, 6.07) is 0. The van der Waals surface area contributed by atoms with Crippen LogP contribution >= 0.6 is 0 Å². The number of likely N-dealkylation sites (N-methyl/N-ethyl adjacent to an activating group) is 2. The first-order chi connectivity index (χ1) is 4.38. The van der Waals surface area contributed by atoms with Crippen LogP contribution in [0.2, 0.25) is 0 Å². The molecule has 2 N–H and O–H groups in total. The van der Waals surface area contributed by atoms with Crippen molar-refractivity contribution in [2.75, 3.05) is 20.6 Å². The first kappa shape index (κ1) is 6.62. The van der Waals surface area contributed by atoms with Crippen LogP contribution in [-0.4, -0.2) is 20.6 Å². The third-order valence-corrected chi connectivity index (χ3v) is 1.58. The van der Waals surface area contributed by atoms with Crippen molar-refractivity contribution in [1.82, 2.24) is 10.6 Å². The Balaban J connectivity index is 2.39. The van der Waals surface area contributed by atoms with Crippen molar-refractivity contribution in [1.29, 1.82) is 0 Å². The molecule has 0 saturated heterocycles. The van der Waals surface area contributed by atoms with Crippen LogP contribution in [0.1, 0.15) is 12.8 Å². The zero-order valence-corrected chi connectivity index (χ0v) is 6.12. The molecule has 0 bridgehead atoms. The normalized spacial score (nSPS) is 15.6. The van der Waals surface area contributed by atoms with Gasteiger partial charge in [-0.05, 0) is 25.5 Å². The van der Waals surface area contributed by atoms with Gasteiger partial charge in [0.15, 0.2) is 0 Å². The fourth-order valence-electron chi connectivity index (χ4n) is 0.931. The Kier molecular flexibility index (Phi) is 2.11. The van der Waals surface area contributed by atoms with E-state index in [1.54, 1.807) is 5.57 Å². The van der Waals surface area contributed by atoms with E-state index in [4.69, 9.17) is 0 Å². The first-order valence-electron chi connectivity index (χ1n) is 3.41. The Bertz CT molecular complexity index is 121. The molecule has 0 aromatic rings. The predicted molar refractivity (Wildman–Crippen MR) is 39.2 cm³/mol. The van der Waals surface area contributed by atoms with Crippen molar-refractivity contribution in [3.8, 4) is 0 Å². The minimum Gasteiger partial charge on any atom is -0.390 e. The number of hydrogen-bond donors (Lipinski definition) is 2. The van der Waals surface area contributed by atoms with E-state index in [1.165, 1.54) is 18.5 Å². The quantitative estimate of drug-likeness (QED) is 0.574. The molecule has 0 radical (unpaired) electrons. The maximum absolute atomic E-state index is 3.18. The number of hydrogen-bond acceptors (Lipinski definition) is 2. The molecule has 1 saturated carbocycles. The smallest absolute Gasteiger partial charge is 0.0350 e. The monoisotopic (exact) mass is 126 g/mol. The van der Waals surface area contributed by atoms with Crippen LogP contribution in [0.3, 0.4) is 0 Å². The van der Waals surface area contributed by atoms with Crippen LogP contribution in [0.15, 0.2) is 11.3 Å². The Hall–Kier alpha value is -0.500. The summed E-state index contributed by atoms with van der Waals surface area (Å²) in [6.45, 7) is 0.992. The van der Waals surface area contributed by atoms with Crippen molar-refractivity contribution < 1.29 is 0 Å². The van der Waals surface area contributed by atoms with E-state index < -0.39 is 0 Å². The summed E-state index contributed by atoms with van der Waals surface area (Å²) in [4.78, 5) is 0. The summed E-state index contributed by atoms with van der Waals surface area (Å²) in [5.74, 6) is 0. The second-order valence-corrected chi connectivity index (χ2v) is 2.36. The zero-order valence-electron chi connectivity index (χ0n) is 6.12.